The standard InChI is InChI=1S/C23H26N6O3S/c1-14-5-4-6-15(2)21(14)22(32)17-12-24-23(33-17)27-18-11-19(26-16(3)25-18)29-9-7-28(8-10-29)13-20(30)31/h4-6,11-12H,7-10,13H2,1-3H3,(H,30,31)(H,24,25,26,27). The number of thiazole rings is 1. The minimum atomic E-state index is -0.813. The second-order valence-corrected chi connectivity index (χ2v) is 9.10. The largest absolute Gasteiger partial charge is 0.480 e. The molecule has 172 valence electrons. The van der Waals surface area contributed by atoms with E-state index in [9.17, 15) is 9.59 Å². The number of carbonyl (C=O) groups is 2. The van der Waals surface area contributed by atoms with Gasteiger partial charge in [-0.05, 0) is 31.9 Å². The summed E-state index contributed by atoms with van der Waals surface area (Å²) in [5.41, 5.74) is 2.61. The Hall–Kier alpha value is -3.37. The first-order chi connectivity index (χ1) is 15.8. The zero-order valence-electron chi connectivity index (χ0n) is 18.8. The molecule has 0 spiro atoms. The minimum absolute atomic E-state index is 0.0325. The first kappa shape index (κ1) is 22.8. The summed E-state index contributed by atoms with van der Waals surface area (Å²) in [5, 5.41) is 12.8. The van der Waals surface area contributed by atoms with E-state index in [0.717, 1.165) is 22.5 Å². The molecule has 2 N–H and O–H groups in total. The molecule has 0 bridgehead atoms. The number of benzene rings is 1. The lowest BCUT2D eigenvalue weighted by Crippen LogP contribution is -2.48. The Labute approximate surface area is 196 Å². The van der Waals surface area contributed by atoms with Crippen molar-refractivity contribution in [2.24, 2.45) is 0 Å². The van der Waals surface area contributed by atoms with Gasteiger partial charge in [-0.2, -0.15) is 0 Å². The second kappa shape index (κ2) is 9.63. The molecule has 0 atom stereocenters. The van der Waals surface area contributed by atoms with Crippen LogP contribution in [0.4, 0.5) is 16.8 Å². The van der Waals surface area contributed by atoms with Gasteiger partial charge in [-0.1, -0.05) is 29.5 Å². The molecule has 4 rings (SSSR count). The molecule has 10 heteroatoms. The maximum atomic E-state index is 13.0. The Bertz CT molecular complexity index is 1170. The third-order valence-electron chi connectivity index (χ3n) is 5.55. The summed E-state index contributed by atoms with van der Waals surface area (Å²) in [6.45, 7) is 8.45. The quantitative estimate of drug-likeness (QED) is 0.507. The van der Waals surface area contributed by atoms with Gasteiger partial charge in [0.25, 0.3) is 0 Å². The number of hydrogen-bond donors (Lipinski definition) is 2. The number of aliphatic carboxylic acids is 1. The van der Waals surface area contributed by atoms with Crippen molar-refractivity contribution in [2.45, 2.75) is 20.8 Å². The summed E-state index contributed by atoms with van der Waals surface area (Å²) in [5.74, 6) is 1.15. The highest BCUT2D eigenvalue weighted by molar-refractivity contribution is 7.17. The average molecular weight is 467 g/mol. The van der Waals surface area contributed by atoms with Crippen molar-refractivity contribution in [1.29, 1.82) is 0 Å². The second-order valence-electron chi connectivity index (χ2n) is 8.07. The number of carboxylic acid groups (broad SMARTS) is 1. The highest BCUT2D eigenvalue weighted by Gasteiger charge is 2.21. The van der Waals surface area contributed by atoms with Gasteiger partial charge in [0.1, 0.15) is 17.5 Å². The van der Waals surface area contributed by atoms with E-state index in [1.54, 1.807) is 6.20 Å². The molecule has 1 aromatic carbocycles. The van der Waals surface area contributed by atoms with E-state index in [-0.39, 0.29) is 12.3 Å². The van der Waals surface area contributed by atoms with Crippen LogP contribution in [0.15, 0.2) is 30.5 Å². The zero-order valence-corrected chi connectivity index (χ0v) is 19.6. The van der Waals surface area contributed by atoms with Gasteiger partial charge < -0.3 is 15.3 Å². The van der Waals surface area contributed by atoms with Gasteiger partial charge in [0.2, 0.25) is 5.78 Å². The molecular weight excluding hydrogens is 440 g/mol. The smallest absolute Gasteiger partial charge is 0.317 e. The zero-order chi connectivity index (χ0) is 23.5. The maximum absolute atomic E-state index is 13.0. The first-order valence-corrected chi connectivity index (χ1v) is 11.5. The lowest BCUT2D eigenvalue weighted by atomic mass is 9.99. The van der Waals surface area contributed by atoms with Crippen LogP contribution in [0.5, 0.6) is 0 Å². The number of piperazine rings is 1. The molecule has 3 heterocycles. The van der Waals surface area contributed by atoms with Crippen LogP contribution < -0.4 is 10.2 Å². The van der Waals surface area contributed by atoms with Crippen LogP contribution in [0, 0.1) is 20.8 Å². The van der Waals surface area contributed by atoms with Crippen molar-refractivity contribution < 1.29 is 14.7 Å². The predicted molar refractivity (Wildman–Crippen MR) is 128 cm³/mol. The predicted octanol–water partition coefficient (Wildman–Crippen LogP) is 3.04. The van der Waals surface area contributed by atoms with Gasteiger partial charge in [0.05, 0.1) is 17.6 Å². The summed E-state index contributed by atoms with van der Waals surface area (Å²) < 4.78 is 0. The third-order valence-corrected chi connectivity index (χ3v) is 6.46. The Morgan fingerprint density at radius 2 is 1.79 bits per heavy atom. The molecule has 0 saturated carbocycles. The van der Waals surface area contributed by atoms with Crippen molar-refractivity contribution in [3.63, 3.8) is 0 Å². The highest BCUT2D eigenvalue weighted by atomic mass is 32.1. The lowest BCUT2D eigenvalue weighted by molar-refractivity contribution is -0.138. The van der Waals surface area contributed by atoms with Gasteiger partial charge in [-0.15, -0.1) is 0 Å². The number of hydrogen-bond acceptors (Lipinski definition) is 9. The number of ketones is 1. The number of aryl methyl sites for hydroxylation is 3. The van der Waals surface area contributed by atoms with E-state index in [0.29, 0.717) is 47.8 Å². The van der Waals surface area contributed by atoms with Gasteiger partial charge in [0.15, 0.2) is 5.13 Å². The van der Waals surface area contributed by atoms with Gasteiger partial charge in [-0.3, -0.25) is 14.5 Å². The summed E-state index contributed by atoms with van der Waals surface area (Å²) in [6, 6.07) is 7.68. The molecule has 0 aliphatic carbocycles. The van der Waals surface area contributed by atoms with Crippen LogP contribution in [0.1, 0.15) is 32.2 Å². The highest BCUT2D eigenvalue weighted by Crippen LogP contribution is 2.27. The Morgan fingerprint density at radius 3 is 2.45 bits per heavy atom. The third kappa shape index (κ3) is 5.35. The van der Waals surface area contributed by atoms with Crippen molar-refractivity contribution >= 4 is 39.9 Å². The number of nitrogens with one attached hydrogen (secondary N) is 1. The van der Waals surface area contributed by atoms with E-state index in [1.165, 1.54) is 11.3 Å². The number of aromatic nitrogens is 3. The molecule has 0 unspecified atom stereocenters. The molecule has 0 amide bonds. The van der Waals surface area contributed by atoms with Gasteiger partial charge >= 0.3 is 5.97 Å². The van der Waals surface area contributed by atoms with Crippen molar-refractivity contribution in [2.75, 3.05) is 42.9 Å². The summed E-state index contributed by atoms with van der Waals surface area (Å²) in [4.78, 5) is 41.9. The molecular formula is C23H26N6O3S. The summed E-state index contributed by atoms with van der Waals surface area (Å²) >= 11 is 1.29. The first-order valence-electron chi connectivity index (χ1n) is 10.7. The molecule has 2 aromatic heterocycles. The van der Waals surface area contributed by atoms with Gasteiger partial charge in [0, 0.05) is 37.8 Å². The summed E-state index contributed by atoms with van der Waals surface area (Å²) in [7, 11) is 0. The molecule has 1 aliphatic rings. The Kier molecular flexibility index (Phi) is 6.66. The van der Waals surface area contributed by atoms with Crippen LogP contribution in [0.3, 0.4) is 0 Å². The molecule has 1 fully saturated rings. The normalized spacial score (nSPS) is 14.3. The molecule has 3 aromatic rings. The van der Waals surface area contributed by atoms with Crippen molar-refractivity contribution in [3.05, 3.63) is 57.9 Å². The monoisotopic (exact) mass is 466 g/mol. The molecule has 1 aliphatic heterocycles. The van der Waals surface area contributed by atoms with E-state index < -0.39 is 5.97 Å². The van der Waals surface area contributed by atoms with Gasteiger partial charge in [-0.25, -0.2) is 15.0 Å². The Balaban J connectivity index is 1.47. The molecule has 0 radical (unpaired) electrons. The van der Waals surface area contributed by atoms with E-state index in [2.05, 4.69) is 25.2 Å². The lowest BCUT2D eigenvalue weighted by Gasteiger charge is -2.34. The molecule has 1 saturated heterocycles. The SMILES string of the molecule is Cc1nc(Nc2ncc(C(=O)c3c(C)cccc3C)s2)cc(N2CCN(CC(=O)O)CC2)n1. The number of anilines is 3. The van der Waals surface area contributed by atoms with E-state index in [4.69, 9.17) is 5.11 Å². The number of rotatable bonds is 7. The molecule has 33 heavy (non-hydrogen) atoms. The number of nitrogens with zero attached hydrogens (tertiary/aromatic N) is 5. The van der Waals surface area contributed by atoms with E-state index >= 15 is 0 Å². The van der Waals surface area contributed by atoms with Crippen molar-refractivity contribution in [1.82, 2.24) is 19.9 Å². The fourth-order valence-corrected chi connectivity index (χ4v) is 4.72. The average Bonchev–Trinajstić information content (AvgIpc) is 3.21. The van der Waals surface area contributed by atoms with Crippen LogP contribution in [0.2, 0.25) is 0 Å². The number of carboxylic acids is 1. The fourth-order valence-electron chi connectivity index (χ4n) is 3.95. The Morgan fingerprint density at radius 1 is 1.09 bits per heavy atom. The summed E-state index contributed by atoms with van der Waals surface area (Å²) in [6.07, 6.45) is 1.60. The maximum Gasteiger partial charge on any atom is 0.317 e. The minimum Gasteiger partial charge on any atom is -0.480 e. The fraction of sp³-hybridized carbons (Fsp3) is 0.348. The van der Waals surface area contributed by atoms with Crippen molar-refractivity contribution in [3.8, 4) is 0 Å². The van der Waals surface area contributed by atoms with Crippen LogP contribution in [-0.2, 0) is 4.79 Å². The van der Waals surface area contributed by atoms with E-state index in [1.807, 2.05) is 49.9 Å². The number of carbonyl (C=O) groups excluding carboxylic acids is 1. The van der Waals surface area contributed by atoms with Crippen LogP contribution in [-0.4, -0.2) is 69.4 Å². The van der Waals surface area contributed by atoms with Crippen LogP contribution in [0.25, 0.3) is 0 Å². The topological polar surface area (TPSA) is 112 Å². The van der Waals surface area contributed by atoms with Crippen LogP contribution >= 0.6 is 11.3 Å². The molecule has 9 nitrogen and oxygen atoms in total.